The molecule has 1 unspecified atom stereocenters. The molecule has 0 aromatic carbocycles. The number of hydrogen-bond acceptors (Lipinski definition) is 5. The molecular weight excluding hydrogens is 254 g/mol. The Kier molecular flexibility index (Phi) is 9.80. The van der Waals surface area contributed by atoms with E-state index in [0.29, 0.717) is 0 Å². The van der Waals surface area contributed by atoms with E-state index in [1.54, 1.807) is 0 Å². The van der Waals surface area contributed by atoms with Crippen LogP contribution in [0.4, 0.5) is 0 Å². The van der Waals surface area contributed by atoms with Gasteiger partial charge in [0.2, 0.25) is 0 Å². The second kappa shape index (κ2) is 10.1. The highest BCUT2D eigenvalue weighted by atomic mass is 16.5. The summed E-state index contributed by atoms with van der Waals surface area (Å²) in [5.74, 6) is -0.185. The highest BCUT2D eigenvalue weighted by Gasteiger charge is 2.31. The molecule has 0 bridgehead atoms. The van der Waals surface area contributed by atoms with Crippen LogP contribution in [0.15, 0.2) is 0 Å². The summed E-state index contributed by atoms with van der Waals surface area (Å²) in [7, 11) is 7.45. The minimum atomic E-state index is -0.575. The van der Waals surface area contributed by atoms with Gasteiger partial charge in [0.1, 0.15) is 5.54 Å². The highest BCUT2D eigenvalue weighted by molar-refractivity contribution is 5.80. The number of esters is 1. The maximum atomic E-state index is 11.8. The first-order valence-electron chi connectivity index (χ1n) is 7.54. The van der Waals surface area contributed by atoms with Crippen molar-refractivity contribution in [2.75, 3.05) is 54.4 Å². The van der Waals surface area contributed by atoms with Crippen LogP contribution in [0, 0.1) is 0 Å². The third-order valence-electron chi connectivity index (χ3n) is 3.74. The zero-order valence-electron chi connectivity index (χ0n) is 14.2. The molecule has 0 saturated carbocycles. The molecule has 0 aliphatic rings. The number of carbonyl (C=O) groups excluding carboxylic acids is 1. The first-order valence-corrected chi connectivity index (χ1v) is 7.54. The molecule has 1 N–H and O–H groups in total. The number of ether oxygens (including phenoxy) is 1. The predicted molar refractivity (Wildman–Crippen MR) is 84.0 cm³/mol. The Morgan fingerprint density at radius 3 is 2.30 bits per heavy atom. The van der Waals surface area contributed by atoms with Gasteiger partial charge in [0, 0.05) is 13.1 Å². The van der Waals surface area contributed by atoms with Gasteiger partial charge in [-0.15, -0.1) is 0 Å². The molecule has 0 aliphatic heterocycles. The summed E-state index contributed by atoms with van der Waals surface area (Å²) in [6.45, 7) is 8.39. The molecule has 0 amide bonds. The standard InChI is InChI=1S/C15H33N3O2/c1-7-10-18(13-12-17(4)5)11-8-9-15(2,16-3)14(19)20-6/h16H,7-13H2,1-6H3. The first-order chi connectivity index (χ1) is 9.39. The van der Waals surface area contributed by atoms with Crippen molar-refractivity contribution in [3.05, 3.63) is 0 Å². The van der Waals surface area contributed by atoms with Crippen molar-refractivity contribution in [1.82, 2.24) is 15.1 Å². The van der Waals surface area contributed by atoms with Crippen molar-refractivity contribution >= 4 is 5.97 Å². The number of hydrogen-bond donors (Lipinski definition) is 1. The van der Waals surface area contributed by atoms with Crippen molar-refractivity contribution in [2.45, 2.75) is 38.6 Å². The summed E-state index contributed by atoms with van der Waals surface area (Å²) in [5, 5.41) is 3.08. The number of rotatable bonds is 11. The average molecular weight is 287 g/mol. The Balaban J connectivity index is 4.23. The third-order valence-corrected chi connectivity index (χ3v) is 3.74. The molecule has 120 valence electrons. The van der Waals surface area contributed by atoms with Gasteiger partial charge in [-0.05, 0) is 60.4 Å². The van der Waals surface area contributed by atoms with E-state index in [4.69, 9.17) is 4.74 Å². The number of methoxy groups -OCH3 is 1. The number of nitrogens with one attached hydrogen (secondary N) is 1. The molecular formula is C15H33N3O2. The summed E-state index contributed by atoms with van der Waals surface area (Å²) >= 11 is 0. The summed E-state index contributed by atoms with van der Waals surface area (Å²) in [4.78, 5) is 16.4. The quantitative estimate of drug-likeness (QED) is 0.578. The van der Waals surface area contributed by atoms with E-state index in [1.165, 1.54) is 7.11 Å². The topological polar surface area (TPSA) is 44.8 Å². The van der Waals surface area contributed by atoms with Gasteiger partial charge in [0.05, 0.1) is 7.11 Å². The molecule has 0 heterocycles. The van der Waals surface area contributed by atoms with E-state index in [0.717, 1.165) is 45.4 Å². The van der Waals surface area contributed by atoms with E-state index in [-0.39, 0.29) is 5.97 Å². The normalized spacial score (nSPS) is 14.6. The van der Waals surface area contributed by atoms with Gasteiger partial charge in [-0.2, -0.15) is 0 Å². The Bertz CT molecular complexity index is 272. The van der Waals surface area contributed by atoms with E-state index < -0.39 is 5.54 Å². The van der Waals surface area contributed by atoms with Crippen LogP contribution in [0.5, 0.6) is 0 Å². The van der Waals surface area contributed by atoms with Crippen LogP contribution in [-0.2, 0) is 9.53 Å². The van der Waals surface area contributed by atoms with Crippen LogP contribution in [-0.4, -0.2) is 75.7 Å². The van der Waals surface area contributed by atoms with Crippen LogP contribution in [0.1, 0.15) is 33.1 Å². The molecule has 0 aliphatic carbocycles. The molecule has 0 spiro atoms. The lowest BCUT2D eigenvalue weighted by molar-refractivity contribution is -0.148. The van der Waals surface area contributed by atoms with Crippen LogP contribution in [0.2, 0.25) is 0 Å². The van der Waals surface area contributed by atoms with Crippen LogP contribution in [0.25, 0.3) is 0 Å². The Morgan fingerprint density at radius 2 is 1.85 bits per heavy atom. The number of nitrogens with zero attached hydrogens (tertiary/aromatic N) is 2. The molecule has 5 heteroatoms. The van der Waals surface area contributed by atoms with Crippen molar-refractivity contribution < 1.29 is 9.53 Å². The molecule has 0 aromatic rings. The van der Waals surface area contributed by atoms with Gasteiger partial charge in [0.15, 0.2) is 0 Å². The van der Waals surface area contributed by atoms with Crippen molar-refractivity contribution in [3.63, 3.8) is 0 Å². The Labute approximate surface area is 124 Å². The number of carbonyl (C=O) groups is 1. The lowest BCUT2D eigenvalue weighted by atomic mass is 9.96. The minimum absolute atomic E-state index is 0.185. The third kappa shape index (κ3) is 7.22. The van der Waals surface area contributed by atoms with Gasteiger partial charge < -0.3 is 19.9 Å². The second-order valence-corrected chi connectivity index (χ2v) is 5.82. The van der Waals surface area contributed by atoms with Crippen molar-refractivity contribution in [2.24, 2.45) is 0 Å². The van der Waals surface area contributed by atoms with Crippen molar-refractivity contribution in [1.29, 1.82) is 0 Å². The van der Waals surface area contributed by atoms with E-state index in [2.05, 4.69) is 36.1 Å². The van der Waals surface area contributed by atoms with E-state index in [1.807, 2.05) is 14.0 Å². The summed E-state index contributed by atoms with van der Waals surface area (Å²) in [6.07, 6.45) is 2.94. The van der Waals surface area contributed by atoms with Gasteiger partial charge in [-0.3, -0.25) is 4.79 Å². The largest absolute Gasteiger partial charge is 0.468 e. The molecule has 1 atom stereocenters. The van der Waals surface area contributed by atoms with E-state index in [9.17, 15) is 4.79 Å². The zero-order valence-corrected chi connectivity index (χ0v) is 14.2. The van der Waals surface area contributed by atoms with Crippen LogP contribution >= 0.6 is 0 Å². The first kappa shape index (κ1) is 19.4. The van der Waals surface area contributed by atoms with Crippen LogP contribution in [0.3, 0.4) is 0 Å². The Morgan fingerprint density at radius 1 is 1.20 bits per heavy atom. The highest BCUT2D eigenvalue weighted by Crippen LogP contribution is 2.14. The van der Waals surface area contributed by atoms with E-state index >= 15 is 0 Å². The zero-order chi connectivity index (χ0) is 15.6. The summed E-state index contributed by atoms with van der Waals surface area (Å²) < 4.78 is 4.87. The molecule has 0 rings (SSSR count). The predicted octanol–water partition coefficient (Wildman–Crippen LogP) is 1.19. The summed E-state index contributed by atoms with van der Waals surface area (Å²) in [5.41, 5.74) is -0.575. The second-order valence-electron chi connectivity index (χ2n) is 5.82. The molecule has 5 nitrogen and oxygen atoms in total. The number of likely N-dealkylation sites (N-methyl/N-ethyl adjacent to an activating group) is 2. The molecule has 20 heavy (non-hydrogen) atoms. The smallest absolute Gasteiger partial charge is 0.325 e. The minimum Gasteiger partial charge on any atom is -0.468 e. The fourth-order valence-electron chi connectivity index (χ4n) is 2.20. The van der Waals surface area contributed by atoms with Crippen molar-refractivity contribution in [3.8, 4) is 0 Å². The fraction of sp³-hybridized carbons (Fsp3) is 0.933. The SMILES string of the molecule is CCCN(CCCC(C)(NC)C(=O)OC)CCN(C)C. The fourth-order valence-corrected chi connectivity index (χ4v) is 2.20. The van der Waals surface area contributed by atoms with Gasteiger partial charge >= 0.3 is 5.97 Å². The lowest BCUT2D eigenvalue weighted by Crippen LogP contribution is -2.48. The lowest BCUT2D eigenvalue weighted by Gasteiger charge is -2.28. The summed E-state index contributed by atoms with van der Waals surface area (Å²) in [6, 6.07) is 0. The van der Waals surface area contributed by atoms with Crippen LogP contribution < -0.4 is 5.32 Å². The molecule has 0 saturated heterocycles. The average Bonchev–Trinajstić information content (AvgIpc) is 2.43. The van der Waals surface area contributed by atoms with Gasteiger partial charge in [0.25, 0.3) is 0 Å². The maximum absolute atomic E-state index is 11.8. The molecule has 0 aromatic heterocycles. The van der Waals surface area contributed by atoms with Gasteiger partial charge in [-0.1, -0.05) is 6.92 Å². The monoisotopic (exact) mass is 287 g/mol. The maximum Gasteiger partial charge on any atom is 0.325 e. The molecule has 0 fully saturated rings. The van der Waals surface area contributed by atoms with Gasteiger partial charge in [-0.25, -0.2) is 0 Å². The molecule has 0 radical (unpaired) electrons. The Hall–Kier alpha value is -0.650.